The van der Waals surface area contributed by atoms with Gasteiger partial charge in [0, 0.05) is 6.61 Å². The normalized spacial score (nSPS) is 18.2. The molecule has 1 aliphatic rings. The van der Waals surface area contributed by atoms with Crippen LogP contribution in [0.15, 0.2) is 16.7 Å². The molecule has 0 saturated heterocycles. The van der Waals surface area contributed by atoms with Crippen molar-refractivity contribution >= 4 is 16.3 Å². The van der Waals surface area contributed by atoms with E-state index >= 15 is 0 Å². The van der Waals surface area contributed by atoms with Crippen LogP contribution in [-0.4, -0.2) is 16.7 Å². The molecule has 0 aromatic carbocycles. The first kappa shape index (κ1) is 13.6. The van der Waals surface area contributed by atoms with Gasteiger partial charge in [-0.3, -0.25) is 0 Å². The number of nitrogen functional groups attached to an aromatic ring is 1. The summed E-state index contributed by atoms with van der Waals surface area (Å²) in [5.74, 6) is 1.22. The van der Waals surface area contributed by atoms with E-state index in [0.717, 1.165) is 35.6 Å². The van der Waals surface area contributed by atoms with Crippen molar-refractivity contribution < 1.29 is 9.26 Å². The summed E-state index contributed by atoms with van der Waals surface area (Å²) in [5.41, 5.74) is 5.38. The van der Waals surface area contributed by atoms with Gasteiger partial charge in [0.15, 0.2) is 0 Å². The van der Waals surface area contributed by atoms with Crippen LogP contribution in [0, 0.1) is 0 Å². The Bertz CT molecular complexity index is 567. The number of ether oxygens (including phenoxy) is 1. The summed E-state index contributed by atoms with van der Waals surface area (Å²) in [4.78, 5) is 5.47. The van der Waals surface area contributed by atoms with Crippen LogP contribution in [0.5, 0.6) is 0 Å². The number of aromatic nitrogens is 2. The van der Waals surface area contributed by atoms with Crippen LogP contribution in [0.2, 0.25) is 0 Å². The molecule has 0 radical (unpaired) electrons. The predicted molar refractivity (Wildman–Crippen MR) is 78.4 cm³/mol. The van der Waals surface area contributed by atoms with Crippen LogP contribution < -0.4 is 5.73 Å². The Labute approximate surface area is 122 Å². The lowest BCUT2D eigenvalue weighted by Gasteiger charge is -2.33. The smallest absolute Gasteiger partial charge is 0.268 e. The second kappa shape index (κ2) is 5.54. The average molecular weight is 293 g/mol. The molecule has 0 aliphatic heterocycles. The zero-order valence-electron chi connectivity index (χ0n) is 11.6. The van der Waals surface area contributed by atoms with E-state index in [-0.39, 0.29) is 5.60 Å². The summed E-state index contributed by atoms with van der Waals surface area (Å²) in [6.45, 7) is 2.67. The molecule has 2 aromatic rings. The van der Waals surface area contributed by atoms with Gasteiger partial charge in [0.25, 0.3) is 5.89 Å². The van der Waals surface area contributed by atoms with E-state index in [4.69, 9.17) is 15.0 Å². The SMILES string of the molecule is CCOC1(c2noc(-c3ccc(N)s3)n2)CCCCC1. The molecule has 0 spiro atoms. The van der Waals surface area contributed by atoms with Gasteiger partial charge in [-0.25, -0.2) is 0 Å². The highest BCUT2D eigenvalue weighted by atomic mass is 32.1. The summed E-state index contributed by atoms with van der Waals surface area (Å²) in [6.07, 6.45) is 5.48. The predicted octanol–water partition coefficient (Wildman–Crippen LogP) is 3.58. The molecular formula is C14H19N3O2S. The largest absolute Gasteiger partial charge is 0.391 e. The van der Waals surface area contributed by atoms with Crippen molar-refractivity contribution in [2.75, 3.05) is 12.3 Å². The Kier molecular flexibility index (Phi) is 3.76. The number of hydrogen-bond acceptors (Lipinski definition) is 6. The van der Waals surface area contributed by atoms with Gasteiger partial charge in [0.2, 0.25) is 5.82 Å². The van der Waals surface area contributed by atoms with E-state index in [2.05, 4.69) is 10.1 Å². The van der Waals surface area contributed by atoms with Crippen molar-refractivity contribution in [2.45, 2.75) is 44.6 Å². The van der Waals surface area contributed by atoms with Crippen molar-refractivity contribution in [3.05, 3.63) is 18.0 Å². The molecule has 108 valence electrons. The van der Waals surface area contributed by atoms with Crippen molar-refractivity contribution in [3.8, 4) is 10.8 Å². The summed E-state index contributed by atoms with van der Waals surface area (Å²) < 4.78 is 11.4. The lowest BCUT2D eigenvalue weighted by atomic mass is 9.84. The Morgan fingerprint density at radius 3 is 2.80 bits per heavy atom. The summed E-state index contributed by atoms with van der Waals surface area (Å²) in [7, 11) is 0. The zero-order valence-corrected chi connectivity index (χ0v) is 12.4. The monoisotopic (exact) mass is 293 g/mol. The Morgan fingerprint density at radius 1 is 1.35 bits per heavy atom. The molecule has 3 rings (SSSR count). The van der Waals surface area contributed by atoms with Crippen molar-refractivity contribution in [1.29, 1.82) is 0 Å². The highest BCUT2D eigenvalue weighted by Crippen LogP contribution is 2.40. The first-order valence-corrected chi connectivity index (χ1v) is 7.89. The van der Waals surface area contributed by atoms with Gasteiger partial charge in [0.1, 0.15) is 5.60 Å². The van der Waals surface area contributed by atoms with Gasteiger partial charge < -0.3 is 15.0 Å². The summed E-state index contributed by atoms with van der Waals surface area (Å²) >= 11 is 1.45. The van der Waals surface area contributed by atoms with Crippen LogP contribution in [0.4, 0.5) is 5.00 Å². The third kappa shape index (κ3) is 2.45. The van der Waals surface area contributed by atoms with Gasteiger partial charge in [-0.2, -0.15) is 4.98 Å². The van der Waals surface area contributed by atoms with Crippen molar-refractivity contribution in [3.63, 3.8) is 0 Å². The molecular weight excluding hydrogens is 274 g/mol. The Hall–Kier alpha value is -1.40. The van der Waals surface area contributed by atoms with Gasteiger partial charge >= 0.3 is 0 Å². The number of nitrogens with zero attached hydrogens (tertiary/aromatic N) is 2. The summed E-state index contributed by atoms with van der Waals surface area (Å²) in [6, 6.07) is 3.76. The molecule has 1 saturated carbocycles. The molecule has 1 fully saturated rings. The average Bonchev–Trinajstić information content (AvgIpc) is 3.09. The topological polar surface area (TPSA) is 74.2 Å². The molecule has 0 atom stereocenters. The number of thiophene rings is 1. The third-order valence-electron chi connectivity index (χ3n) is 3.75. The highest BCUT2D eigenvalue weighted by molar-refractivity contribution is 7.19. The van der Waals surface area contributed by atoms with Crippen molar-refractivity contribution in [1.82, 2.24) is 10.1 Å². The van der Waals surface area contributed by atoms with Crippen LogP contribution >= 0.6 is 11.3 Å². The van der Waals surface area contributed by atoms with Gasteiger partial charge in [-0.15, -0.1) is 11.3 Å². The third-order valence-corrected chi connectivity index (χ3v) is 4.66. The number of anilines is 1. The molecule has 5 nitrogen and oxygen atoms in total. The molecule has 2 N–H and O–H groups in total. The Balaban J connectivity index is 1.90. The minimum atomic E-state index is -0.364. The van der Waals surface area contributed by atoms with Gasteiger partial charge in [0.05, 0.1) is 9.88 Å². The van der Waals surface area contributed by atoms with E-state index in [9.17, 15) is 0 Å². The van der Waals surface area contributed by atoms with Crippen LogP contribution in [0.1, 0.15) is 44.9 Å². The van der Waals surface area contributed by atoms with Crippen LogP contribution in [0.25, 0.3) is 10.8 Å². The minimum absolute atomic E-state index is 0.364. The van der Waals surface area contributed by atoms with E-state index in [1.54, 1.807) is 0 Å². The maximum absolute atomic E-state index is 6.00. The first-order valence-electron chi connectivity index (χ1n) is 7.07. The standard InChI is InChI=1S/C14H19N3O2S/c1-2-18-14(8-4-3-5-9-14)13-16-12(19-17-13)10-6-7-11(15)20-10/h6-7H,2-5,8-9,15H2,1H3. The van der Waals surface area contributed by atoms with E-state index in [1.807, 2.05) is 19.1 Å². The highest BCUT2D eigenvalue weighted by Gasteiger charge is 2.39. The van der Waals surface area contributed by atoms with Crippen LogP contribution in [-0.2, 0) is 10.3 Å². The molecule has 6 heteroatoms. The molecule has 0 amide bonds. The number of nitrogens with two attached hydrogens (primary N) is 1. The van der Waals surface area contributed by atoms with E-state index in [1.165, 1.54) is 17.8 Å². The fourth-order valence-electron chi connectivity index (χ4n) is 2.81. The Morgan fingerprint density at radius 2 is 2.15 bits per heavy atom. The second-order valence-corrected chi connectivity index (χ2v) is 6.23. The maximum atomic E-state index is 6.00. The lowest BCUT2D eigenvalue weighted by Crippen LogP contribution is -2.33. The molecule has 0 unspecified atom stereocenters. The zero-order chi connectivity index (χ0) is 14.0. The van der Waals surface area contributed by atoms with Crippen LogP contribution in [0.3, 0.4) is 0 Å². The fourth-order valence-corrected chi connectivity index (χ4v) is 3.50. The maximum Gasteiger partial charge on any atom is 0.268 e. The molecule has 1 aliphatic carbocycles. The quantitative estimate of drug-likeness (QED) is 0.932. The van der Waals surface area contributed by atoms with E-state index < -0.39 is 0 Å². The molecule has 2 aromatic heterocycles. The molecule has 0 bridgehead atoms. The molecule has 2 heterocycles. The minimum Gasteiger partial charge on any atom is -0.391 e. The van der Waals surface area contributed by atoms with Gasteiger partial charge in [-0.1, -0.05) is 24.4 Å². The van der Waals surface area contributed by atoms with Crippen molar-refractivity contribution in [2.24, 2.45) is 0 Å². The van der Waals surface area contributed by atoms with Gasteiger partial charge in [-0.05, 0) is 31.9 Å². The first-order chi connectivity index (χ1) is 9.73. The fraction of sp³-hybridized carbons (Fsp3) is 0.571. The number of rotatable bonds is 4. The molecule has 20 heavy (non-hydrogen) atoms. The van der Waals surface area contributed by atoms with E-state index in [0.29, 0.717) is 18.3 Å². The lowest BCUT2D eigenvalue weighted by molar-refractivity contribution is -0.0777. The summed E-state index contributed by atoms with van der Waals surface area (Å²) in [5, 5.41) is 4.92. The second-order valence-electron chi connectivity index (χ2n) is 5.11. The number of hydrogen-bond donors (Lipinski definition) is 1.